The minimum atomic E-state index is 0.692. The highest BCUT2D eigenvalue weighted by atomic mass is 35.5. The molecule has 2 aromatic carbocycles. The van der Waals surface area contributed by atoms with Gasteiger partial charge in [0.1, 0.15) is 5.75 Å². The van der Waals surface area contributed by atoms with Crippen LogP contribution in [-0.4, -0.2) is 50.4 Å². The van der Waals surface area contributed by atoms with Crippen LogP contribution in [0, 0.1) is 0 Å². The number of methoxy groups -OCH3 is 2. The molecule has 1 N–H and O–H groups in total. The summed E-state index contributed by atoms with van der Waals surface area (Å²) in [6, 6.07) is 16.4. The molecule has 0 atom stereocenters. The van der Waals surface area contributed by atoms with Gasteiger partial charge >= 0.3 is 0 Å². The fraction of sp³-hybridized carbons (Fsp3) is 0.304. The minimum Gasteiger partial charge on any atom is -0.497 e. The summed E-state index contributed by atoms with van der Waals surface area (Å²) in [4.78, 5) is 2.42. The Labute approximate surface area is 177 Å². The average molecular weight is 412 g/mol. The fourth-order valence-corrected chi connectivity index (χ4v) is 3.97. The van der Waals surface area contributed by atoms with Gasteiger partial charge in [0.25, 0.3) is 0 Å². The first-order chi connectivity index (χ1) is 14.2. The van der Waals surface area contributed by atoms with Gasteiger partial charge in [-0.2, -0.15) is 0 Å². The van der Waals surface area contributed by atoms with Crippen LogP contribution in [0.25, 0.3) is 5.70 Å². The van der Waals surface area contributed by atoms with Crippen molar-refractivity contribution in [3.63, 3.8) is 0 Å². The lowest BCUT2D eigenvalue weighted by Crippen LogP contribution is -2.33. The van der Waals surface area contributed by atoms with Crippen LogP contribution in [-0.2, 0) is 11.3 Å². The molecule has 0 unspecified atom stereocenters. The summed E-state index contributed by atoms with van der Waals surface area (Å²) in [7, 11) is 3.44. The van der Waals surface area contributed by atoms with Crippen LogP contribution in [0.3, 0.4) is 0 Å². The molecule has 2 aliphatic heterocycles. The number of halogens is 1. The molecular weight excluding hydrogens is 386 g/mol. The summed E-state index contributed by atoms with van der Waals surface area (Å²) < 4.78 is 10.7. The molecule has 1 fully saturated rings. The first-order valence-corrected chi connectivity index (χ1v) is 10.1. The molecular formula is C23H26ClN3O2. The summed E-state index contributed by atoms with van der Waals surface area (Å²) in [6.45, 7) is 4.00. The number of rotatable bonds is 7. The quantitative estimate of drug-likeness (QED) is 0.747. The molecule has 0 aliphatic carbocycles. The van der Waals surface area contributed by atoms with Crippen LogP contribution < -0.4 is 10.2 Å². The zero-order valence-electron chi connectivity index (χ0n) is 16.8. The molecule has 0 amide bonds. The molecule has 2 heterocycles. The normalized spacial score (nSPS) is 16.5. The van der Waals surface area contributed by atoms with Crippen molar-refractivity contribution in [3.05, 3.63) is 82.0 Å². The van der Waals surface area contributed by atoms with Crippen molar-refractivity contribution in [1.82, 2.24) is 15.3 Å². The van der Waals surface area contributed by atoms with E-state index >= 15 is 0 Å². The number of nitrogens with one attached hydrogen (secondary N) is 1. The van der Waals surface area contributed by atoms with Gasteiger partial charge in [-0.1, -0.05) is 35.9 Å². The van der Waals surface area contributed by atoms with Crippen molar-refractivity contribution < 1.29 is 9.47 Å². The second kappa shape index (κ2) is 8.91. The largest absolute Gasteiger partial charge is 0.497 e. The summed E-state index contributed by atoms with van der Waals surface area (Å²) in [5.41, 5.74) is 9.65. The van der Waals surface area contributed by atoms with E-state index in [-0.39, 0.29) is 0 Å². The van der Waals surface area contributed by atoms with E-state index in [0.29, 0.717) is 6.61 Å². The van der Waals surface area contributed by atoms with Gasteiger partial charge in [-0.3, -0.25) is 0 Å². The molecule has 0 bridgehead atoms. The molecule has 0 saturated carbocycles. The lowest BCUT2D eigenvalue weighted by molar-refractivity contribution is 0.143. The van der Waals surface area contributed by atoms with E-state index in [4.69, 9.17) is 21.1 Å². The predicted molar refractivity (Wildman–Crippen MR) is 116 cm³/mol. The van der Waals surface area contributed by atoms with E-state index in [2.05, 4.69) is 45.7 Å². The zero-order chi connectivity index (χ0) is 20.2. The summed E-state index contributed by atoms with van der Waals surface area (Å²) >= 11 is 6.15. The smallest absolute Gasteiger partial charge is 0.119 e. The third kappa shape index (κ3) is 4.42. The fourth-order valence-electron chi connectivity index (χ4n) is 3.84. The van der Waals surface area contributed by atoms with Crippen LogP contribution in [0.2, 0.25) is 5.02 Å². The van der Waals surface area contributed by atoms with Gasteiger partial charge in [0.05, 0.1) is 25.1 Å². The van der Waals surface area contributed by atoms with E-state index < -0.39 is 0 Å². The predicted octanol–water partition coefficient (Wildman–Crippen LogP) is 3.93. The van der Waals surface area contributed by atoms with Gasteiger partial charge in [0.15, 0.2) is 0 Å². The number of nitrogens with zero attached hydrogens (tertiary/aromatic N) is 2. The second-order valence-electron chi connectivity index (χ2n) is 7.21. The number of hydrogen-bond acceptors (Lipinski definition) is 5. The highest BCUT2D eigenvalue weighted by Gasteiger charge is 2.30. The second-order valence-corrected chi connectivity index (χ2v) is 7.65. The van der Waals surface area contributed by atoms with E-state index in [1.54, 1.807) is 14.2 Å². The van der Waals surface area contributed by atoms with Crippen molar-refractivity contribution in [2.75, 3.05) is 40.5 Å². The number of fused-ring (bicyclic) bond motifs is 1. The van der Waals surface area contributed by atoms with E-state index in [0.717, 1.165) is 37.0 Å². The molecule has 1 saturated heterocycles. The van der Waals surface area contributed by atoms with Crippen molar-refractivity contribution in [2.24, 2.45) is 0 Å². The Morgan fingerprint density at radius 2 is 1.93 bits per heavy atom. The molecule has 0 aromatic heterocycles. The van der Waals surface area contributed by atoms with Gasteiger partial charge < -0.3 is 19.8 Å². The highest BCUT2D eigenvalue weighted by Crippen LogP contribution is 2.35. The third-order valence-corrected chi connectivity index (χ3v) is 5.51. The molecule has 4 rings (SSSR count). The topological polar surface area (TPSA) is 37.0 Å². The first-order valence-electron chi connectivity index (χ1n) is 9.76. The first kappa shape index (κ1) is 19.8. The number of hydrazine groups is 1. The van der Waals surface area contributed by atoms with Crippen LogP contribution in [0.5, 0.6) is 5.75 Å². The number of benzene rings is 2. The van der Waals surface area contributed by atoms with Crippen molar-refractivity contribution in [1.29, 1.82) is 0 Å². The van der Waals surface area contributed by atoms with Gasteiger partial charge in [-0.05, 0) is 41.5 Å². The molecule has 29 heavy (non-hydrogen) atoms. The molecule has 2 aromatic rings. The SMILES string of the molecule is COCCN1CC2=C(c3ccc(Cl)cc3)N(Cc3cccc(OC)c3)CC=C2N1. The lowest BCUT2D eigenvalue weighted by Gasteiger charge is -2.32. The summed E-state index contributed by atoms with van der Waals surface area (Å²) in [5.74, 6) is 0.879. The maximum atomic E-state index is 6.15. The standard InChI is InChI=1S/C23H26ClN3O2/c1-28-13-12-27-16-21-22(25-27)10-11-26(15-17-4-3-5-20(14-17)29-2)23(21)18-6-8-19(24)9-7-18/h3-10,14,25H,11-13,15-16H2,1-2H3. The third-order valence-electron chi connectivity index (χ3n) is 5.26. The van der Waals surface area contributed by atoms with Gasteiger partial charge in [0.2, 0.25) is 0 Å². The Balaban J connectivity index is 1.68. The van der Waals surface area contributed by atoms with Crippen LogP contribution in [0.15, 0.2) is 65.9 Å². The highest BCUT2D eigenvalue weighted by molar-refractivity contribution is 6.30. The van der Waals surface area contributed by atoms with Crippen LogP contribution >= 0.6 is 11.6 Å². The van der Waals surface area contributed by atoms with Gasteiger partial charge in [-0.25, -0.2) is 5.01 Å². The lowest BCUT2D eigenvalue weighted by atomic mass is 9.99. The van der Waals surface area contributed by atoms with E-state index in [9.17, 15) is 0 Å². The van der Waals surface area contributed by atoms with Gasteiger partial charge in [0, 0.05) is 43.9 Å². The molecule has 0 radical (unpaired) electrons. The Hall–Kier alpha value is -2.47. The minimum absolute atomic E-state index is 0.692. The maximum Gasteiger partial charge on any atom is 0.119 e. The Morgan fingerprint density at radius 3 is 2.69 bits per heavy atom. The monoisotopic (exact) mass is 411 g/mol. The van der Waals surface area contributed by atoms with Gasteiger partial charge in [-0.15, -0.1) is 0 Å². The van der Waals surface area contributed by atoms with Crippen molar-refractivity contribution in [2.45, 2.75) is 6.54 Å². The van der Waals surface area contributed by atoms with E-state index in [1.807, 2.05) is 24.3 Å². The molecule has 2 aliphatic rings. The Kier molecular flexibility index (Phi) is 6.09. The van der Waals surface area contributed by atoms with Crippen LogP contribution in [0.1, 0.15) is 11.1 Å². The van der Waals surface area contributed by atoms with Crippen LogP contribution in [0.4, 0.5) is 0 Å². The zero-order valence-corrected chi connectivity index (χ0v) is 17.6. The Bertz CT molecular complexity index is 924. The van der Waals surface area contributed by atoms with Crippen molar-refractivity contribution >= 4 is 17.3 Å². The van der Waals surface area contributed by atoms with E-state index in [1.165, 1.54) is 28.1 Å². The number of hydrogen-bond donors (Lipinski definition) is 1. The maximum absolute atomic E-state index is 6.15. The number of ether oxygens (including phenoxy) is 2. The molecule has 6 heteroatoms. The molecule has 152 valence electrons. The molecule has 0 spiro atoms. The Morgan fingerprint density at radius 1 is 1.10 bits per heavy atom. The molecule has 5 nitrogen and oxygen atoms in total. The average Bonchev–Trinajstić information content (AvgIpc) is 3.16. The summed E-state index contributed by atoms with van der Waals surface area (Å²) in [6.07, 6.45) is 2.27. The van der Waals surface area contributed by atoms with Crippen molar-refractivity contribution in [3.8, 4) is 5.75 Å². The summed E-state index contributed by atoms with van der Waals surface area (Å²) in [5, 5.41) is 2.95.